The number of piperazine rings is 1. The Labute approximate surface area is 118 Å². The van der Waals surface area contributed by atoms with Crippen molar-refractivity contribution in [2.45, 2.75) is 46.2 Å². The molecule has 1 aromatic rings. The first-order valence-electron chi connectivity index (χ1n) is 7.60. The Hall–Kier alpha value is -0.860. The lowest BCUT2D eigenvalue weighted by molar-refractivity contribution is 0.144. The van der Waals surface area contributed by atoms with Gasteiger partial charge in [-0.15, -0.1) is 0 Å². The second-order valence-electron chi connectivity index (χ2n) is 6.36. The highest BCUT2D eigenvalue weighted by Gasteiger charge is 2.24. The molecule has 19 heavy (non-hydrogen) atoms. The number of aryl methyl sites for hydroxylation is 1. The maximum absolute atomic E-state index is 3.65. The fourth-order valence-corrected chi connectivity index (χ4v) is 2.99. The summed E-state index contributed by atoms with van der Waals surface area (Å²) in [6, 6.07) is 10.2. The first-order valence-corrected chi connectivity index (χ1v) is 7.60. The van der Waals surface area contributed by atoms with Gasteiger partial charge in [0, 0.05) is 31.7 Å². The Kier molecular flexibility index (Phi) is 5.00. The van der Waals surface area contributed by atoms with Gasteiger partial charge >= 0.3 is 0 Å². The molecule has 1 N–H and O–H groups in total. The molecule has 2 heteroatoms. The van der Waals surface area contributed by atoms with Gasteiger partial charge in [0.15, 0.2) is 0 Å². The van der Waals surface area contributed by atoms with Crippen LogP contribution >= 0.6 is 0 Å². The molecule has 0 amide bonds. The van der Waals surface area contributed by atoms with E-state index in [0.717, 1.165) is 19.0 Å². The van der Waals surface area contributed by atoms with Gasteiger partial charge in [-0.1, -0.05) is 43.7 Å². The van der Waals surface area contributed by atoms with Gasteiger partial charge in [0.2, 0.25) is 0 Å². The average Bonchev–Trinajstić information content (AvgIpc) is 2.38. The second-order valence-corrected chi connectivity index (χ2v) is 6.36. The molecule has 1 heterocycles. The quantitative estimate of drug-likeness (QED) is 0.893. The summed E-state index contributed by atoms with van der Waals surface area (Å²) >= 11 is 0. The smallest absolute Gasteiger partial charge is 0.0321 e. The fourth-order valence-electron chi connectivity index (χ4n) is 2.99. The summed E-state index contributed by atoms with van der Waals surface area (Å²) in [7, 11) is 0. The molecule has 0 aromatic heterocycles. The molecule has 1 aromatic carbocycles. The number of nitrogens with one attached hydrogen (secondary N) is 1. The maximum atomic E-state index is 3.65. The fraction of sp³-hybridized carbons (Fsp3) is 0.647. The highest BCUT2D eigenvalue weighted by molar-refractivity contribution is 5.23. The van der Waals surface area contributed by atoms with Crippen LogP contribution in [0.15, 0.2) is 24.3 Å². The minimum atomic E-state index is 0.525. The normalized spacial score (nSPS) is 22.7. The summed E-state index contributed by atoms with van der Waals surface area (Å²) in [6.45, 7) is 12.6. The molecule has 0 saturated carbocycles. The van der Waals surface area contributed by atoms with Crippen LogP contribution in [-0.2, 0) is 0 Å². The third-order valence-corrected chi connectivity index (χ3v) is 4.15. The molecular weight excluding hydrogens is 232 g/mol. The van der Waals surface area contributed by atoms with Crippen LogP contribution in [0.4, 0.5) is 0 Å². The number of rotatable bonds is 4. The topological polar surface area (TPSA) is 15.3 Å². The largest absolute Gasteiger partial charge is 0.311 e. The summed E-state index contributed by atoms with van der Waals surface area (Å²) in [5.74, 6) is 0.770. The van der Waals surface area contributed by atoms with Crippen LogP contribution in [0.25, 0.3) is 0 Å². The Morgan fingerprint density at radius 3 is 2.53 bits per heavy atom. The Morgan fingerprint density at radius 1 is 1.21 bits per heavy atom. The van der Waals surface area contributed by atoms with Gasteiger partial charge in [0.1, 0.15) is 0 Å². The minimum absolute atomic E-state index is 0.525. The summed E-state index contributed by atoms with van der Waals surface area (Å²) in [5, 5.41) is 3.65. The van der Waals surface area contributed by atoms with Gasteiger partial charge in [-0.05, 0) is 31.7 Å². The molecule has 106 valence electrons. The van der Waals surface area contributed by atoms with E-state index in [4.69, 9.17) is 0 Å². The number of hydrogen-bond donors (Lipinski definition) is 1. The van der Waals surface area contributed by atoms with Crippen molar-refractivity contribution in [2.24, 2.45) is 5.92 Å². The van der Waals surface area contributed by atoms with Crippen molar-refractivity contribution >= 4 is 0 Å². The predicted octanol–water partition coefficient (Wildman–Crippen LogP) is 3.38. The molecular formula is C17H28N2. The second kappa shape index (κ2) is 6.53. The molecule has 2 rings (SSSR count). The zero-order valence-electron chi connectivity index (χ0n) is 12.8. The van der Waals surface area contributed by atoms with Gasteiger partial charge in [0.05, 0.1) is 0 Å². The highest BCUT2D eigenvalue weighted by atomic mass is 15.2. The summed E-state index contributed by atoms with van der Waals surface area (Å²) in [6.07, 6.45) is 1.27. The zero-order valence-corrected chi connectivity index (χ0v) is 12.8. The average molecular weight is 260 g/mol. The standard InChI is InChI=1S/C17H28N2/c1-13(2)11-17-12-19(10-9-18-17)15(4)16-7-5-14(3)6-8-16/h5-8,13,15,17-18H,9-12H2,1-4H3. The monoisotopic (exact) mass is 260 g/mol. The van der Waals surface area contributed by atoms with Gasteiger partial charge in [-0.25, -0.2) is 0 Å². The van der Waals surface area contributed by atoms with Crippen molar-refractivity contribution in [2.75, 3.05) is 19.6 Å². The third-order valence-electron chi connectivity index (χ3n) is 4.15. The van der Waals surface area contributed by atoms with E-state index in [-0.39, 0.29) is 0 Å². The van der Waals surface area contributed by atoms with Gasteiger partial charge in [0.25, 0.3) is 0 Å². The molecule has 0 spiro atoms. The van der Waals surface area contributed by atoms with Crippen LogP contribution in [0.3, 0.4) is 0 Å². The summed E-state index contributed by atoms with van der Waals surface area (Å²) in [4.78, 5) is 2.62. The highest BCUT2D eigenvalue weighted by Crippen LogP contribution is 2.22. The molecule has 1 saturated heterocycles. The van der Waals surface area contributed by atoms with Crippen molar-refractivity contribution in [3.8, 4) is 0 Å². The van der Waals surface area contributed by atoms with E-state index in [2.05, 4.69) is 62.2 Å². The van der Waals surface area contributed by atoms with E-state index in [1.807, 2.05) is 0 Å². The van der Waals surface area contributed by atoms with Crippen molar-refractivity contribution < 1.29 is 0 Å². The maximum Gasteiger partial charge on any atom is 0.0321 e. The first-order chi connectivity index (χ1) is 9.06. The minimum Gasteiger partial charge on any atom is -0.311 e. The van der Waals surface area contributed by atoms with Crippen LogP contribution in [0.5, 0.6) is 0 Å². The molecule has 1 fully saturated rings. The van der Waals surface area contributed by atoms with Crippen LogP contribution in [0.1, 0.15) is 44.4 Å². The molecule has 2 atom stereocenters. The molecule has 1 aliphatic rings. The van der Waals surface area contributed by atoms with E-state index >= 15 is 0 Å². The van der Waals surface area contributed by atoms with Crippen LogP contribution in [0.2, 0.25) is 0 Å². The number of benzene rings is 1. The number of hydrogen-bond acceptors (Lipinski definition) is 2. The van der Waals surface area contributed by atoms with Crippen molar-refractivity contribution in [1.82, 2.24) is 10.2 Å². The molecule has 0 bridgehead atoms. The summed E-state index contributed by atoms with van der Waals surface area (Å²) in [5.41, 5.74) is 2.78. The molecule has 2 unspecified atom stereocenters. The van der Waals surface area contributed by atoms with Crippen molar-refractivity contribution in [1.29, 1.82) is 0 Å². The Balaban J connectivity index is 1.98. The van der Waals surface area contributed by atoms with Crippen LogP contribution in [-0.4, -0.2) is 30.6 Å². The van der Waals surface area contributed by atoms with Gasteiger partial charge < -0.3 is 5.32 Å². The van der Waals surface area contributed by atoms with E-state index in [1.54, 1.807) is 0 Å². The Morgan fingerprint density at radius 2 is 1.89 bits per heavy atom. The molecule has 1 aliphatic heterocycles. The van der Waals surface area contributed by atoms with E-state index in [1.165, 1.54) is 24.1 Å². The van der Waals surface area contributed by atoms with E-state index < -0.39 is 0 Å². The SMILES string of the molecule is Cc1ccc(C(C)N2CCNC(CC(C)C)C2)cc1. The van der Waals surface area contributed by atoms with Crippen molar-refractivity contribution in [3.05, 3.63) is 35.4 Å². The zero-order chi connectivity index (χ0) is 13.8. The van der Waals surface area contributed by atoms with Crippen LogP contribution in [0, 0.1) is 12.8 Å². The van der Waals surface area contributed by atoms with Crippen molar-refractivity contribution in [3.63, 3.8) is 0 Å². The first kappa shape index (κ1) is 14.5. The third kappa shape index (κ3) is 4.05. The number of nitrogens with zero attached hydrogens (tertiary/aromatic N) is 1. The predicted molar refractivity (Wildman–Crippen MR) is 82.4 cm³/mol. The van der Waals surface area contributed by atoms with Gasteiger partial charge in [-0.2, -0.15) is 0 Å². The van der Waals surface area contributed by atoms with E-state index in [0.29, 0.717) is 12.1 Å². The summed E-state index contributed by atoms with van der Waals surface area (Å²) < 4.78 is 0. The lowest BCUT2D eigenvalue weighted by Crippen LogP contribution is -2.51. The lowest BCUT2D eigenvalue weighted by Gasteiger charge is -2.38. The Bertz CT molecular complexity index is 383. The molecule has 2 nitrogen and oxygen atoms in total. The lowest BCUT2D eigenvalue weighted by atomic mass is 9.99. The van der Waals surface area contributed by atoms with Crippen LogP contribution < -0.4 is 5.32 Å². The molecule has 0 aliphatic carbocycles. The van der Waals surface area contributed by atoms with Gasteiger partial charge in [-0.3, -0.25) is 4.90 Å². The molecule has 0 radical (unpaired) electrons. The van der Waals surface area contributed by atoms with E-state index in [9.17, 15) is 0 Å².